The van der Waals surface area contributed by atoms with Crippen LogP contribution < -0.4 is 10.6 Å². The summed E-state index contributed by atoms with van der Waals surface area (Å²) in [5.41, 5.74) is 6.37. The summed E-state index contributed by atoms with van der Waals surface area (Å²) in [6, 6.07) is 5.94. The number of benzene rings is 1. The molecule has 6 nitrogen and oxygen atoms in total. The number of carbonyl (C=O) groups excluding carboxylic acids is 1. The zero-order valence-corrected chi connectivity index (χ0v) is 13.1. The minimum atomic E-state index is 0.0475. The molecule has 5 rings (SSSR count). The van der Waals surface area contributed by atoms with E-state index < -0.39 is 0 Å². The Kier molecular flexibility index (Phi) is 2.85. The lowest BCUT2D eigenvalue weighted by Gasteiger charge is -2.12. The molecule has 3 aromatic rings. The van der Waals surface area contributed by atoms with Gasteiger partial charge in [-0.25, -0.2) is 9.97 Å². The molecule has 0 saturated carbocycles. The second-order valence-electron chi connectivity index (χ2n) is 6.46. The van der Waals surface area contributed by atoms with Gasteiger partial charge in [-0.15, -0.1) is 0 Å². The van der Waals surface area contributed by atoms with Crippen LogP contribution in [0, 0.1) is 0 Å². The predicted molar refractivity (Wildman–Crippen MR) is 92.6 cm³/mol. The monoisotopic (exact) mass is 319 g/mol. The maximum atomic E-state index is 11.5. The quantitative estimate of drug-likeness (QED) is 0.678. The number of H-pyrrole nitrogens is 1. The Balaban J connectivity index is 1.57. The molecule has 2 aromatic heterocycles. The second-order valence-corrected chi connectivity index (χ2v) is 6.46. The molecular formula is C18H17N5O. The molecule has 0 radical (unpaired) electrons. The Morgan fingerprint density at radius 3 is 3.00 bits per heavy atom. The molecule has 24 heavy (non-hydrogen) atoms. The minimum absolute atomic E-state index is 0.0475. The van der Waals surface area contributed by atoms with Crippen LogP contribution in [0.3, 0.4) is 0 Å². The first kappa shape index (κ1) is 13.5. The van der Waals surface area contributed by atoms with Crippen LogP contribution in [0.5, 0.6) is 0 Å². The maximum Gasteiger partial charge on any atom is 0.228 e. The number of anilines is 3. The van der Waals surface area contributed by atoms with Crippen LogP contribution in [-0.4, -0.2) is 20.9 Å². The average molecular weight is 319 g/mol. The van der Waals surface area contributed by atoms with E-state index in [9.17, 15) is 4.79 Å². The van der Waals surface area contributed by atoms with E-state index in [2.05, 4.69) is 25.6 Å². The number of amides is 1. The Morgan fingerprint density at radius 1 is 1.12 bits per heavy atom. The van der Waals surface area contributed by atoms with E-state index in [4.69, 9.17) is 0 Å². The molecule has 1 amide bonds. The fourth-order valence-corrected chi connectivity index (χ4v) is 3.75. The van der Waals surface area contributed by atoms with Gasteiger partial charge in [-0.05, 0) is 48.9 Å². The molecule has 1 aliphatic carbocycles. The molecule has 1 aromatic carbocycles. The van der Waals surface area contributed by atoms with E-state index in [0.717, 1.165) is 46.6 Å². The Bertz CT molecular complexity index is 975. The molecule has 0 unspecified atom stereocenters. The van der Waals surface area contributed by atoms with Gasteiger partial charge in [0.15, 0.2) is 0 Å². The maximum absolute atomic E-state index is 11.5. The Hall–Kier alpha value is -2.89. The first-order chi connectivity index (χ1) is 11.8. The van der Waals surface area contributed by atoms with Crippen molar-refractivity contribution < 1.29 is 4.79 Å². The number of aromatic nitrogens is 3. The van der Waals surface area contributed by atoms with Crippen molar-refractivity contribution in [1.82, 2.24) is 15.0 Å². The first-order valence-corrected chi connectivity index (χ1v) is 8.32. The number of fused-ring (bicyclic) bond motifs is 4. The second kappa shape index (κ2) is 5.06. The van der Waals surface area contributed by atoms with Gasteiger partial charge in [0.2, 0.25) is 5.91 Å². The summed E-state index contributed by atoms with van der Waals surface area (Å²) in [6.07, 6.45) is 6.62. The summed E-state index contributed by atoms with van der Waals surface area (Å²) in [5.74, 6) is 0.870. The molecule has 3 heterocycles. The summed E-state index contributed by atoms with van der Waals surface area (Å²) >= 11 is 0. The number of nitrogens with zero attached hydrogens (tertiary/aromatic N) is 2. The van der Waals surface area contributed by atoms with E-state index in [1.165, 1.54) is 24.1 Å². The number of hydrogen-bond acceptors (Lipinski definition) is 4. The summed E-state index contributed by atoms with van der Waals surface area (Å²) in [7, 11) is 0. The van der Waals surface area contributed by atoms with Crippen LogP contribution in [0.1, 0.15) is 29.7 Å². The van der Waals surface area contributed by atoms with Crippen molar-refractivity contribution in [2.75, 3.05) is 10.6 Å². The van der Waals surface area contributed by atoms with Crippen molar-refractivity contribution in [3.63, 3.8) is 0 Å². The fourth-order valence-electron chi connectivity index (χ4n) is 3.75. The molecular weight excluding hydrogens is 302 g/mol. The van der Waals surface area contributed by atoms with Gasteiger partial charge >= 0.3 is 0 Å². The van der Waals surface area contributed by atoms with E-state index in [1.54, 1.807) is 6.33 Å². The summed E-state index contributed by atoms with van der Waals surface area (Å²) < 4.78 is 0. The van der Waals surface area contributed by atoms with Gasteiger partial charge in [0.25, 0.3) is 0 Å². The zero-order chi connectivity index (χ0) is 16.1. The molecule has 6 heteroatoms. The van der Waals surface area contributed by atoms with Gasteiger partial charge in [-0.2, -0.15) is 0 Å². The molecule has 0 fully saturated rings. The highest BCUT2D eigenvalue weighted by Gasteiger charge is 2.20. The largest absolute Gasteiger partial charge is 0.343 e. The van der Waals surface area contributed by atoms with Crippen molar-refractivity contribution in [2.24, 2.45) is 0 Å². The third kappa shape index (κ3) is 2.06. The van der Waals surface area contributed by atoms with Gasteiger partial charge < -0.3 is 15.6 Å². The van der Waals surface area contributed by atoms with Crippen LogP contribution in [0.25, 0.3) is 11.0 Å². The lowest BCUT2D eigenvalue weighted by atomic mass is 9.96. The van der Waals surface area contributed by atoms with Gasteiger partial charge in [0, 0.05) is 17.1 Å². The molecule has 1 aliphatic heterocycles. The highest BCUT2D eigenvalue weighted by molar-refractivity contribution is 6.00. The number of nitrogens with one attached hydrogen (secondary N) is 3. The van der Waals surface area contributed by atoms with E-state index >= 15 is 0 Å². The Morgan fingerprint density at radius 2 is 2.04 bits per heavy atom. The van der Waals surface area contributed by atoms with E-state index in [0.29, 0.717) is 6.42 Å². The predicted octanol–water partition coefficient (Wildman–Crippen LogP) is 3.07. The van der Waals surface area contributed by atoms with Crippen molar-refractivity contribution in [3.8, 4) is 0 Å². The van der Waals surface area contributed by atoms with Gasteiger partial charge in [-0.1, -0.05) is 6.07 Å². The van der Waals surface area contributed by atoms with Crippen molar-refractivity contribution in [2.45, 2.75) is 32.1 Å². The lowest BCUT2D eigenvalue weighted by Crippen LogP contribution is -2.03. The van der Waals surface area contributed by atoms with Gasteiger partial charge in [0.1, 0.15) is 17.8 Å². The summed E-state index contributed by atoms with van der Waals surface area (Å²) in [5, 5.41) is 7.39. The Labute approximate surface area is 138 Å². The molecule has 0 atom stereocenters. The molecule has 3 N–H and O–H groups in total. The lowest BCUT2D eigenvalue weighted by molar-refractivity contribution is -0.115. The van der Waals surface area contributed by atoms with Gasteiger partial charge in [-0.3, -0.25) is 4.79 Å². The topological polar surface area (TPSA) is 82.7 Å². The van der Waals surface area contributed by atoms with Crippen LogP contribution >= 0.6 is 0 Å². The summed E-state index contributed by atoms with van der Waals surface area (Å²) in [4.78, 5) is 23.8. The molecule has 0 saturated heterocycles. The highest BCUT2D eigenvalue weighted by atomic mass is 16.1. The third-order valence-electron chi connectivity index (χ3n) is 4.88. The van der Waals surface area contributed by atoms with E-state index in [-0.39, 0.29) is 5.91 Å². The summed E-state index contributed by atoms with van der Waals surface area (Å²) in [6.45, 7) is 0. The SMILES string of the molecule is O=C1Cc2ccc(Nc3ncnc4[nH]c5c(c34)CCCC5)cc2N1. The smallest absolute Gasteiger partial charge is 0.228 e. The number of aromatic amines is 1. The fraction of sp³-hybridized carbons (Fsp3) is 0.278. The highest BCUT2D eigenvalue weighted by Crippen LogP contribution is 2.34. The zero-order valence-electron chi connectivity index (χ0n) is 13.1. The van der Waals surface area contributed by atoms with Gasteiger partial charge in [0.05, 0.1) is 11.8 Å². The molecule has 0 spiro atoms. The number of aryl methyl sites for hydroxylation is 2. The van der Waals surface area contributed by atoms with Crippen LogP contribution in [0.15, 0.2) is 24.5 Å². The number of rotatable bonds is 2. The van der Waals surface area contributed by atoms with Crippen LogP contribution in [-0.2, 0) is 24.1 Å². The molecule has 120 valence electrons. The molecule has 0 bridgehead atoms. The van der Waals surface area contributed by atoms with Crippen molar-refractivity contribution in [1.29, 1.82) is 0 Å². The minimum Gasteiger partial charge on any atom is -0.343 e. The average Bonchev–Trinajstić information content (AvgIpc) is 3.14. The first-order valence-electron chi connectivity index (χ1n) is 8.32. The van der Waals surface area contributed by atoms with E-state index in [1.807, 2.05) is 18.2 Å². The van der Waals surface area contributed by atoms with Crippen molar-refractivity contribution in [3.05, 3.63) is 41.3 Å². The number of carbonyl (C=O) groups is 1. The molecule has 2 aliphatic rings. The van der Waals surface area contributed by atoms with Crippen LogP contribution in [0.2, 0.25) is 0 Å². The normalized spacial score (nSPS) is 15.9. The van der Waals surface area contributed by atoms with Crippen LogP contribution in [0.4, 0.5) is 17.2 Å². The third-order valence-corrected chi connectivity index (χ3v) is 4.88. The van der Waals surface area contributed by atoms with Crippen molar-refractivity contribution >= 4 is 34.1 Å². The standard InChI is InChI=1S/C18H17N5O/c24-15-7-10-5-6-11(8-14(10)22-15)21-17-16-12-3-1-2-4-13(12)23-18(16)20-9-19-17/h5-6,8-9H,1-4,7H2,(H,22,24)(H2,19,20,21,23). The number of hydrogen-bond donors (Lipinski definition) is 3.